The molecule has 1 aliphatic rings. The largest absolute Gasteiger partial charge is 0.478 e. The van der Waals surface area contributed by atoms with Crippen LogP contribution >= 0.6 is 0 Å². The Morgan fingerprint density at radius 1 is 1.00 bits per heavy atom. The summed E-state index contributed by atoms with van der Waals surface area (Å²) in [5.74, 6) is -3.21. The average Bonchev–Trinajstić information content (AvgIpc) is 3.05. The van der Waals surface area contributed by atoms with Gasteiger partial charge in [0.2, 0.25) is 0 Å². The number of urea groups is 1. The number of aromatic carboxylic acids is 1. The van der Waals surface area contributed by atoms with E-state index in [1.165, 1.54) is 24.3 Å². The van der Waals surface area contributed by atoms with Crippen LogP contribution in [0.2, 0.25) is 0 Å². The number of aromatic nitrogens is 1. The lowest BCUT2D eigenvalue weighted by atomic mass is 10.1. The van der Waals surface area contributed by atoms with Crippen LogP contribution in [0.15, 0.2) is 54.1 Å². The topological polar surface area (TPSA) is 109 Å². The minimum atomic E-state index is -1.02. The Hall–Kier alpha value is -4.53. The maximum atomic E-state index is 13.3. The molecule has 4 amide bonds. The molecule has 2 heterocycles. The molecule has 3 aromatic rings. The van der Waals surface area contributed by atoms with Gasteiger partial charge in [-0.05, 0) is 86.5 Å². The van der Waals surface area contributed by atoms with E-state index in [0.717, 1.165) is 34.0 Å². The number of carboxylic acids is 1. The lowest BCUT2D eigenvalue weighted by Crippen LogP contribution is -2.54. The number of carboxylic acid groups (broad SMARTS) is 1. The Kier molecular flexibility index (Phi) is 5.62. The fourth-order valence-corrected chi connectivity index (χ4v) is 3.98. The molecule has 0 aliphatic carbocycles. The first-order chi connectivity index (χ1) is 16.1. The molecule has 1 fully saturated rings. The summed E-state index contributed by atoms with van der Waals surface area (Å²) in [4.78, 5) is 50.0. The Morgan fingerprint density at radius 3 is 2.29 bits per heavy atom. The minimum absolute atomic E-state index is 0.127. The van der Waals surface area contributed by atoms with Crippen molar-refractivity contribution in [3.63, 3.8) is 0 Å². The summed E-state index contributed by atoms with van der Waals surface area (Å²) in [6, 6.07) is 10.4. The summed E-state index contributed by atoms with van der Waals surface area (Å²) >= 11 is 0. The van der Waals surface area contributed by atoms with E-state index >= 15 is 0 Å². The lowest BCUT2D eigenvalue weighted by molar-refractivity contribution is -0.122. The molecule has 34 heavy (non-hydrogen) atoms. The first-order valence-corrected chi connectivity index (χ1v) is 10.3. The molecule has 0 spiro atoms. The molecule has 0 bridgehead atoms. The van der Waals surface area contributed by atoms with E-state index in [4.69, 9.17) is 0 Å². The standard InChI is InChI=1S/C25H20FN3O5/c1-13-10-16(24(32)33)4-9-21(13)28-14(2)11-17(15(28)3)12-20-22(30)27-25(34)29(23(20)31)19-7-5-18(26)6-8-19/h4-12H,1-3H3,(H,32,33)(H,27,30,34)/b20-12+. The third-order valence-electron chi connectivity index (χ3n) is 5.64. The highest BCUT2D eigenvalue weighted by Gasteiger charge is 2.37. The zero-order valence-corrected chi connectivity index (χ0v) is 18.5. The molecule has 1 saturated heterocycles. The Morgan fingerprint density at radius 2 is 1.68 bits per heavy atom. The molecule has 172 valence electrons. The van der Waals surface area contributed by atoms with Gasteiger partial charge < -0.3 is 9.67 Å². The summed E-state index contributed by atoms with van der Waals surface area (Å²) in [5.41, 5.74) is 3.62. The van der Waals surface area contributed by atoms with Crippen molar-refractivity contribution in [3.8, 4) is 5.69 Å². The number of carbonyl (C=O) groups is 4. The Bertz CT molecular complexity index is 1400. The molecule has 0 atom stereocenters. The van der Waals surface area contributed by atoms with Crippen LogP contribution in [0.3, 0.4) is 0 Å². The molecule has 2 N–H and O–H groups in total. The number of anilines is 1. The van der Waals surface area contributed by atoms with Crippen molar-refractivity contribution in [3.05, 3.63) is 88.0 Å². The smallest absolute Gasteiger partial charge is 0.335 e. The van der Waals surface area contributed by atoms with Gasteiger partial charge >= 0.3 is 12.0 Å². The quantitative estimate of drug-likeness (QED) is 0.452. The molecule has 9 heteroatoms. The van der Waals surface area contributed by atoms with Gasteiger partial charge in [-0.25, -0.2) is 18.9 Å². The third kappa shape index (κ3) is 3.88. The number of benzene rings is 2. The maximum absolute atomic E-state index is 13.3. The van der Waals surface area contributed by atoms with Gasteiger partial charge in [-0.1, -0.05) is 0 Å². The molecule has 8 nitrogen and oxygen atoms in total. The molecule has 4 rings (SSSR count). The van der Waals surface area contributed by atoms with Gasteiger partial charge in [-0.15, -0.1) is 0 Å². The van der Waals surface area contributed by atoms with Crippen LogP contribution in [-0.2, 0) is 9.59 Å². The highest BCUT2D eigenvalue weighted by atomic mass is 19.1. The number of imide groups is 2. The van der Waals surface area contributed by atoms with Gasteiger partial charge in [-0.2, -0.15) is 0 Å². The van der Waals surface area contributed by atoms with E-state index in [2.05, 4.69) is 5.32 Å². The molecular weight excluding hydrogens is 441 g/mol. The van der Waals surface area contributed by atoms with Gasteiger partial charge in [0.15, 0.2) is 0 Å². The van der Waals surface area contributed by atoms with Crippen LogP contribution < -0.4 is 10.2 Å². The van der Waals surface area contributed by atoms with Crippen molar-refractivity contribution in [2.45, 2.75) is 20.8 Å². The Balaban J connectivity index is 1.76. The monoisotopic (exact) mass is 461 g/mol. The van der Waals surface area contributed by atoms with Crippen LogP contribution in [0, 0.1) is 26.6 Å². The van der Waals surface area contributed by atoms with Crippen molar-refractivity contribution < 1.29 is 28.7 Å². The number of halogens is 1. The zero-order valence-electron chi connectivity index (χ0n) is 18.5. The predicted octanol–water partition coefficient (Wildman–Crippen LogP) is 3.91. The van der Waals surface area contributed by atoms with Gasteiger partial charge in [0, 0.05) is 17.1 Å². The number of rotatable bonds is 4. The predicted molar refractivity (Wildman–Crippen MR) is 122 cm³/mol. The zero-order chi connectivity index (χ0) is 24.7. The number of aryl methyl sites for hydroxylation is 2. The maximum Gasteiger partial charge on any atom is 0.335 e. The fraction of sp³-hybridized carbons (Fsp3) is 0.120. The second-order valence-corrected chi connectivity index (χ2v) is 7.90. The molecule has 2 aromatic carbocycles. The van der Waals surface area contributed by atoms with Crippen molar-refractivity contribution in [1.29, 1.82) is 0 Å². The van der Waals surface area contributed by atoms with Crippen molar-refractivity contribution in [2.24, 2.45) is 0 Å². The summed E-state index contributed by atoms with van der Waals surface area (Å²) in [5, 5.41) is 11.4. The lowest BCUT2D eigenvalue weighted by Gasteiger charge is -2.26. The van der Waals surface area contributed by atoms with E-state index in [9.17, 15) is 28.7 Å². The number of hydrogen-bond donors (Lipinski definition) is 2. The number of barbiturate groups is 1. The van der Waals surface area contributed by atoms with Crippen LogP contribution in [0.1, 0.15) is 32.9 Å². The summed E-state index contributed by atoms with van der Waals surface area (Å²) in [6.45, 7) is 5.44. The molecular formula is C25H20FN3O5. The van der Waals surface area contributed by atoms with Crippen molar-refractivity contribution in [1.82, 2.24) is 9.88 Å². The van der Waals surface area contributed by atoms with E-state index in [1.807, 2.05) is 11.5 Å². The second-order valence-electron chi connectivity index (χ2n) is 7.90. The highest BCUT2D eigenvalue weighted by molar-refractivity contribution is 6.39. The first kappa shape index (κ1) is 22.7. The van der Waals surface area contributed by atoms with Crippen molar-refractivity contribution >= 4 is 35.6 Å². The van der Waals surface area contributed by atoms with Gasteiger partial charge in [0.05, 0.1) is 11.3 Å². The highest BCUT2D eigenvalue weighted by Crippen LogP contribution is 2.27. The van der Waals surface area contributed by atoms with Crippen molar-refractivity contribution in [2.75, 3.05) is 4.90 Å². The van der Waals surface area contributed by atoms with E-state index < -0.39 is 29.6 Å². The summed E-state index contributed by atoms with van der Waals surface area (Å²) in [6.07, 6.45) is 1.40. The van der Waals surface area contributed by atoms with E-state index in [-0.39, 0.29) is 16.8 Å². The summed E-state index contributed by atoms with van der Waals surface area (Å²) < 4.78 is 15.2. The third-order valence-corrected chi connectivity index (χ3v) is 5.64. The molecule has 0 radical (unpaired) electrons. The molecule has 0 unspecified atom stereocenters. The number of nitrogens with one attached hydrogen (secondary N) is 1. The van der Waals surface area contributed by atoms with E-state index in [1.54, 1.807) is 32.0 Å². The van der Waals surface area contributed by atoms with Crippen LogP contribution in [-0.4, -0.2) is 33.5 Å². The normalized spacial score (nSPS) is 15.1. The SMILES string of the molecule is Cc1cc(C(=O)O)ccc1-n1c(C)cc(/C=C2\C(=O)NC(=O)N(c3ccc(F)cc3)C2=O)c1C. The number of nitrogens with zero attached hydrogens (tertiary/aromatic N) is 2. The Labute approximate surface area is 193 Å². The first-order valence-electron chi connectivity index (χ1n) is 10.3. The minimum Gasteiger partial charge on any atom is -0.478 e. The molecule has 1 aromatic heterocycles. The number of amides is 4. The van der Waals surface area contributed by atoms with Gasteiger partial charge in [0.25, 0.3) is 11.8 Å². The van der Waals surface area contributed by atoms with Gasteiger partial charge in [0.1, 0.15) is 11.4 Å². The second kappa shape index (κ2) is 8.43. The molecule has 0 saturated carbocycles. The average molecular weight is 461 g/mol. The molecule has 1 aliphatic heterocycles. The summed E-state index contributed by atoms with van der Waals surface area (Å²) in [7, 11) is 0. The van der Waals surface area contributed by atoms with E-state index in [0.29, 0.717) is 11.3 Å². The number of hydrogen-bond acceptors (Lipinski definition) is 4. The van der Waals surface area contributed by atoms with Crippen LogP contribution in [0.4, 0.5) is 14.9 Å². The fourth-order valence-electron chi connectivity index (χ4n) is 3.98. The van der Waals surface area contributed by atoms with Crippen LogP contribution in [0.25, 0.3) is 11.8 Å². The number of carbonyl (C=O) groups excluding carboxylic acids is 3. The van der Waals surface area contributed by atoms with Crippen LogP contribution in [0.5, 0.6) is 0 Å². The van der Waals surface area contributed by atoms with Gasteiger partial charge in [-0.3, -0.25) is 14.9 Å².